The number of nitrogens with zero attached hydrogens (tertiary/aromatic N) is 2. The molecule has 0 aliphatic carbocycles. The average molecular weight is 1350 g/mol. The molecule has 95 heavy (non-hydrogen) atoms. The predicted octanol–water partition coefficient (Wildman–Crippen LogP) is -8.20. The lowest BCUT2D eigenvalue weighted by molar-refractivity contribution is -0.144. The van der Waals surface area contributed by atoms with Gasteiger partial charge in [0, 0.05) is 25.9 Å². The summed E-state index contributed by atoms with van der Waals surface area (Å²) in [6.07, 6.45) is -3.58. The van der Waals surface area contributed by atoms with Gasteiger partial charge in [0.25, 0.3) is 0 Å². The van der Waals surface area contributed by atoms with Gasteiger partial charge in [-0.15, -0.1) is 0 Å². The molecule has 3 aliphatic heterocycles. The minimum absolute atomic E-state index is 0.00244. The quantitative estimate of drug-likeness (QED) is 0.0724. The molecule has 0 saturated carbocycles. The van der Waals surface area contributed by atoms with Crippen molar-refractivity contribution < 1.29 is 107 Å². The first-order valence-corrected chi connectivity index (χ1v) is 31.2. The van der Waals surface area contributed by atoms with E-state index in [9.17, 15) is 107 Å². The van der Waals surface area contributed by atoms with E-state index >= 15 is 0 Å². The Labute approximate surface area is 547 Å². The van der Waals surface area contributed by atoms with Crippen LogP contribution in [0.25, 0.3) is 0 Å². The molecule has 0 bridgehead atoms. The van der Waals surface area contributed by atoms with Crippen molar-refractivity contribution in [1.82, 2.24) is 73.6 Å². The van der Waals surface area contributed by atoms with Crippen LogP contribution in [0.4, 0.5) is 0 Å². The number of carboxylic acids is 2. The number of carbonyl (C=O) groups excluding carboxylic acids is 15. The summed E-state index contributed by atoms with van der Waals surface area (Å²) in [7, 11) is 0. The molecule has 12 atom stereocenters. The number of aliphatic hydroxyl groups is 3. The number of carbonyl (C=O) groups is 17. The highest BCUT2D eigenvalue weighted by Crippen LogP contribution is 2.22. The second-order valence-corrected chi connectivity index (χ2v) is 25.1. The number of carboxylic acid groups (broad SMARTS) is 2. The molecule has 0 aromatic rings. The largest absolute Gasteiger partial charge is 0.481 e. The average Bonchev–Trinajstić information content (AvgIpc) is 1.79. The van der Waals surface area contributed by atoms with Crippen molar-refractivity contribution in [3.8, 4) is 0 Å². The molecular formula is C58H93N15O22. The standard InChI is InChI=1S/C58H93N15O22/c1-26(2)20-32-48(86)69-44(28(5)6)54(92)70-43(27(3)4)53(91)60-22-40(78)62-35(24-75)55(93)72-18-11-13-38(72)52(90)67-34(23-74)49(87)61-29(7)45(83)63-30(14-16-39(59)77)46(84)65-33(21-42(81)82)47(85)64-31(15-17-41(79)80)50(88)71-58(8,9)57(95)68-36(25-76)56(94)73-19-10-12-37(73)51(89)66-32/h26-38,43-44,74-76H,10-25H2,1-9H3,(H2,59,77)(H,60,91)(H,61,87)(H,62,78)(H,63,83)(H,64,85)(H,65,84)(H,66,89)(H,67,90)(H,68,95)(H,69,86)(H,70,92)(H,71,88)(H,79,80)(H,81,82)/t29-,30-,31-,32-,33-,34-,35-,36-,37-,38-,43-,44-/m0/s1. The van der Waals surface area contributed by atoms with Crippen LogP contribution in [0, 0.1) is 17.8 Å². The molecule has 0 aromatic heterocycles. The second kappa shape index (κ2) is 37.1. The van der Waals surface area contributed by atoms with Crippen molar-refractivity contribution in [2.45, 2.75) is 205 Å². The van der Waals surface area contributed by atoms with E-state index in [-0.39, 0.29) is 51.1 Å². The van der Waals surface area contributed by atoms with Crippen molar-refractivity contribution in [3.63, 3.8) is 0 Å². The number of fused-ring (bicyclic) bond motifs is 2. The zero-order valence-corrected chi connectivity index (χ0v) is 54.6. The fourth-order valence-corrected chi connectivity index (χ4v) is 10.4. The SMILES string of the molecule is CC(C)C[C@@H]1NC(=O)[C@@H]2CCCN2C(=O)[C@H](CO)NC(=O)C(C)(C)NC(=O)[C@H](CCC(=O)O)NC(=O)[C@H](CC(=O)O)NC(=O)[C@H](CCC(N)=O)NC(=O)[C@H](C)NC(=O)[C@H](CO)NC(=O)[C@@H]2CCCN2C(=O)[C@H](CO)NC(=O)CNC(=O)[C@H](C(C)C)NC(=O)[C@H](C(C)C)NC1=O. The topological polar surface area (TPSA) is 568 Å². The van der Waals surface area contributed by atoms with Crippen LogP contribution >= 0.6 is 0 Å². The molecule has 3 saturated heterocycles. The molecule has 37 nitrogen and oxygen atoms in total. The number of primary amides is 1. The van der Waals surface area contributed by atoms with Gasteiger partial charge in [0.1, 0.15) is 78.0 Å². The molecule has 3 heterocycles. The first kappa shape index (κ1) is 80.1. The third-order valence-corrected chi connectivity index (χ3v) is 15.7. The molecular weight excluding hydrogens is 1260 g/mol. The smallest absolute Gasteiger partial charge is 0.305 e. The minimum Gasteiger partial charge on any atom is -0.481 e. The molecule has 0 radical (unpaired) electrons. The third kappa shape index (κ3) is 24.3. The molecule has 3 fully saturated rings. The van der Waals surface area contributed by atoms with Crippen LogP contribution in [0.2, 0.25) is 0 Å². The number of amides is 15. The Hall–Kier alpha value is -9.13. The lowest BCUT2D eigenvalue weighted by Gasteiger charge is -2.32. The summed E-state index contributed by atoms with van der Waals surface area (Å²) in [5, 5.41) is 78.5. The Morgan fingerprint density at radius 1 is 0.495 bits per heavy atom. The van der Waals surface area contributed by atoms with E-state index in [4.69, 9.17) is 5.73 Å². The maximum absolute atomic E-state index is 14.2. The van der Waals surface area contributed by atoms with E-state index in [1.54, 1.807) is 41.5 Å². The maximum atomic E-state index is 14.2. The van der Waals surface area contributed by atoms with Gasteiger partial charge >= 0.3 is 11.9 Å². The number of nitrogens with two attached hydrogens (primary N) is 1. The highest BCUT2D eigenvalue weighted by Gasteiger charge is 2.44. The molecule has 15 amide bonds. The number of hydrogen-bond acceptors (Lipinski definition) is 20. The Bertz CT molecular complexity index is 2870. The van der Waals surface area contributed by atoms with Crippen LogP contribution in [0.5, 0.6) is 0 Å². The van der Waals surface area contributed by atoms with Crippen molar-refractivity contribution in [2.24, 2.45) is 23.5 Å². The van der Waals surface area contributed by atoms with Crippen molar-refractivity contribution >= 4 is 101 Å². The first-order chi connectivity index (χ1) is 44.4. The van der Waals surface area contributed by atoms with E-state index < -0.39 is 249 Å². The van der Waals surface area contributed by atoms with Crippen LogP contribution in [0.3, 0.4) is 0 Å². The van der Waals surface area contributed by atoms with Gasteiger partial charge in [-0.3, -0.25) is 81.5 Å². The summed E-state index contributed by atoms with van der Waals surface area (Å²) in [6, 6.07) is -19.5. The van der Waals surface area contributed by atoms with E-state index in [1.807, 2.05) is 0 Å². The van der Waals surface area contributed by atoms with E-state index in [1.165, 1.54) is 0 Å². The van der Waals surface area contributed by atoms with Gasteiger partial charge < -0.3 is 105 Å². The molecule has 532 valence electrons. The molecule has 0 unspecified atom stereocenters. The Morgan fingerprint density at radius 3 is 1.42 bits per heavy atom. The Balaban J connectivity index is 2.09. The zero-order valence-electron chi connectivity index (χ0n) is 54.6. The number of nitrogens with one attached hydrogen (secondary N) is 12. The fourth-order valence-electron chi connectivity index (χ4n) is 10.4. The van der Waals surface area contributed by atoms with Crippen molar-refractivity contribution in [1.29, 1.82) is 0 Å². The number of hydrogen-bond donors (Lipinski definition) is 18. The normalized spacial score (nSPS) is 27.9. The molecule has 19 N–H and O–H groups in total. The summed E-state index contributed by atoms with van der Waals surface area (Å²) < 4.78 is 0. The second-order valence-electron chi connectivity index (χ2n) is 25.1. The lowest BCUT2D eigenvalue weighted by Crippen LogP contribution is -2.64. The van der Waals surface area contributed by atoms with Gasteiger partial charge in [0.05, 0.1) is 32.8 Å². The van der Waals surface area contributed by atoms with E-state index in [0.717, 1.165) is 30.6 Å². The van der Waals surface area contributed by atoms with Crippen molar-refractivity contribution in [3.05, 3.63) is 0 Å². The van der Waals surface area contributed by atoms with Crippen LogP contribution in [0.1, 0.15) is 127 Å². The van der Waals surface area contributed by atoms with E-state index in [0.29, 0.717) is 0 Å². The zero-order chi connectivity index (χ0) is 71.9. The first-order valence-electron chi connectivity index (χ1n) is 31.2. The van der Waals surface area contributed by atoms with Gasteiger partial charge in [-0.2, -0.15) is 0 Å². The summed E-state index contributed by atoms with van der Waals surface area (Å²) in [4.78, 5) is 232. The Kier molecular flexibility index (Phi) is 31.3. The third-order valence-electron chi connectivity index (χ3n) is 15.7. The van der Waals surface area contributed by atoms with Crippen LogP contribution < -0.4 is 69.5 Å². The molecule has 0 spiro atoms. The van der Waals surface area contributed by atoms with Gasteiger partial charge in [-0.05, 0) is 83.5 Å². The maximum Gasteiger partial charge on any atom is 0.305 e. The van der Waals surface area contributed by atoms with Gasteiger partial charge in [-0.1, -0.05) is 41.5 Å². The fraction of sp³-hybridized carbons (Fsp3) is 0.707. The summed E-state index contributed by atoms with van der Waals surface area (Å²) in [5.74, 6) is -20.7. The van der Waals surface area contributed by atoms with E-state index in [2.05, 4.69) is 63.8 Å². The van der Waals surface area contributed by atoms with Gasteiger partial charge in [0.15, 0.2) is 0 Å². The molecule has 3 rings (SSSR count). The molecule has 37 heteroatoms. The summed E-state index contributed by atoms with van der Waals surface area (Å²) in [5.41, 5.74) is 3.22. The summed E-state index contributed by atoms with van der Waals surface area (Å²) in [6.45, 7) is 8.95. The lowest BCUT2D eigenvalue weighted by atomic mass is 9.98. The minimum atomic E-state index is -2.14. The number of aliphatic hydroxyl groups excluding tert-OH is 3. The molecule has 3 aliphatic rings. The number of rotatable bonds is 15. The summed E-state index contributed by atoms with van der Waals surface area (Å²) >= 11 is 0. The Morgan fingerprint density at radius 2 is 0.926 bits per heavy atom. The van der Waals surface area contributed by atoms with Crippen molar-refractivity contribution in [2.75, 3.05) is 39.5 Å². The van der Waals surface area contributed by atoms with Crippen LogP contribution in [-0.2, 0) is 81.5 Å². The number of aliphatic carboxylic acids is 2. The van der Waals surface area contributed by atoms with Crippen LogP contribution in [-0.4, -0.2) is 253 Å². The van der Waals surface area contributed by atoms with Crippen LogP contribution in [0.15, 0.2) is 0 Å². The highest BCUT2D eigenvalue weighted by atomic mass is 16.4. The monoisotopic (exact) mass is 1350 g/mol. The predicted molar refractivity (Wildman–Crippen MR) is 328 cm³/mol. The van der Waals surface area contributed by atoms with Gasteiger partial charge in [-0.25, -0.2) is 0 Å². The highest BCUT2D eigenvalue weighted by molar-refractivity contribution is 6.02. The van der Waals surface area contributed by atoms with Gasteiger partial charge in [0.2, 0.25) is 88.6 Å². The molecule has 0 aromatic carbocycles.